The molecule has 16 heavy (non-hydrogen) atoms. The lowest BCUT2D eigenvalue weighted by Crippen LogP contribution is -2.08. The van der Waals surface area contributed by atoms with Gasteiger partial charge in [-0.15, -0.1) is 0 Å². The predicted molar refractivity (Wildman–Crippen MR) is 54.9 cm³/mol. The number of carbonyl (C=O) groups excluding carboxylic acids is 1. The lowest BCUT2D eigenvalue weighted by Gasteiger charge is -2.10. The molecule has 0 saturated heterocycles. The summed E-state index contributed by atoms with van der Waals surface area (Å²) in [4.78, 5) is 10.9. The number of alkyl halides is 3. The summed E-state index contributed by atoms with van der Waals surface area (Å²) < 4.78 is 41.5. The first kappa shape index (κ1) is 13.0. The Labute approximate surface area is 98.5 Å². The van der Waals surface area contributed by atoms with E-state index in [-0.39, 0.29) is 10.9 Å². The van der Waals surface area contributed by atoms with Crippen LogP contribution in [0.4, 0.5) is 13.2 Å². The Morgan fingerprint density at radius 1 is 1.44 bits per heavy atom. The number of hydrogen-bond acceptors (Lipinski definition) is 2. The van der Waals surface area contributed by atoms with Crippen molar-refractivity contribution in [3.63, 3.8) is 0 Å². The molecule has 1 aromatic rings. The molecule has 0 aliphatic rings. The summed E-state index contributed by atoms with van der Waals surface area (Å²) in [7, 11) is 1.22. The molecule has 88 valence electrons. The highest BCUT2D eigenvalue weighted by Crippen LogP contribution is 2.35. The molecule has 0 amide bonds. The summed E-state index contributed by atoms with van der Waals surface area (Å²) in [6.07, 6.45) is -4.45. The zero-order valence-electron chi connectivity index (χ0n) is 8.27. The molecule has 1 aromatic carbocycles. The highest BCUT2D eigenvalue weighted by atomic mass is 79.9. The molecule has 0 spiro atoms. The van der Waals surface area contributed by atoms with Crippen LogP contribution in [-0.4, -0.2) is 13.1 Å². The van der Waals surface area contributed by atoms with Gasteiger partial charge in [0.1, 0.15) is 0 Å². The number of rotatable bonds is 2. The molecule has 0 heterocycles. The van der Waals surface area contributed by atoms with Crippen LogP contribution < -0.4 is 0 Å². The average molecular weight is 297 g/mol. The van der Waals surface area contributed by atoms with Gasteiger partial charge in [0.2, 0.25) is 0 Å². The van der Waals surface area contributed by atoms with Gasteiger partial charge >= 0.3 is 12.1 Å². The minimum atomic E-state index is -4.40. The van der Waals surface area contributed by atoms with Crippen molar-refractivity contribution >= 4 is 21.9 Å². The van der Waals surface area contributed by atoms with Crippen LogP contribution in [0.15, 0.2) is 22.7 Å². The van der Waals surface area contributed by atoms with Crippen LogP contribution in [0, 0.1) is 0 Å². The topological polar surface area (TPSA) is 26.3 Å². The van der Waals surface area contributed by atoms with E-state index in [1.165, 1.54) is 19.2 Å². The molecule has 0 bridgehead atoms. The molecule has 2 nitrogen and oxygen atoms in total. The molecule has 0 radical (unpaired) electrons. The van der Waals surface area contributed by atoms with Gasteiger partial charge in [-0.2, -0.15) is 13.2 Å². The summed E-state index contributed by atoms with van der Waals surface area (Å²) in [5.41, 5.74) is -0.298. The molecule has 0 fully saturated rings. The van der Waals surface area contributed by atoms with Gasteiger partial charge in [-0.25, -0.2) is 0 Å². The second-order valence-electron chi connectivity index (χ2n) is 3.06. The molecular formula is C10H8BrF3O2. The van der Waals surface area contributed by atoms with Gasteiger partial charge < -0.3 is 4.74 Å². The maximum atomic E-state index is 12.4. The third kappa shape index (κ3) is 3.23. The molecule has 1 rings (SSSR count). The van der Waals surface area contributed by atoms with Crippen molar-refractivity contribution < 1.29 is 22.7 Å². The fourth-order valence-electron chi connectivity index (χ4n) is 1.14. The lowest BCUT2D eigenvalue weighted by atomic mass is 10.1. The predicted octanol–water partition coefficient (Wildman–Crippen LogP) is 3.18. The quantitative estimate of drug-likeness (QED) is 0.784. The molecule has 0 aromatic heterocycles. The van der Waals surface area contributed by atoms with E-state index in [9.17, 15) is 18.0 Å². The fourth-order valence-corrected chi connectivity index (χ4v) is 1.79. The van der Waals surface area contributed by atoms with E-state index in [1.807, 2.05) is 0 Å². The average Bonchev–Trinajstić information content (AvgIpc) is 2.15. The van der Waals surface area contributed by atoms with Gasteiger partial charge in [0.25, 0.3) is 0 Å². The summed E-state index contributed by atoms with van der Waals surface area (Å²) >= 11 is 2.82. The Balaban J connectivity index is 2.96. The van der Waals surface area contributed by atoms with Gasteiger partial charge in [-0.05, 0) is 17.7 Å². The van der Waals surface area contributed by atoms with Crippen molar-refractivity contribution in [2.24, 2.45) is 0 Å². The summed E-state index contributed by atoms with van der Waals surface area (Å²) in [6, 6.07) is 3.45. The zero-order chi connectivity index (χ0) is 12.3. The number of esters is 1. The number of ether oxygens (including phenoxy) is 1. The second kappa shape index (κ2) is 4.86. The van der Waals surface area contributed by atoms with E-state index in [0.717, 1.165) is 6.07 Å². The van der Waals surface area contributed by atoms with Crippen molar-refractivity contribution in [1.82, 2.24) is 0 Å². The lowest BCUT2D eigenvalue weighted by molar-refractivity contribution is -0.139. The first-order valence-corrected chi connectivity index (χ1v) is 5.06. The van der Waals surface area contributed by atoms with E-state index in [1.54, 1.807) is 0 Å². The van der Waals surface area contributed by atoms with E-state index in [0.29, 0.717) is 5.56 Å². The molecule has 0 aliphatic carbocycles. The van der Waals surface area contributed by atoms with Crippen molar-refractivity contribution in [1.29, 1.82) is 0 Å². The van der Waals surface area contributed by atoms with Gasteiger partial charge in [0.15, 0.2) is 0 Å². The Morgan fingerprint density at radius 3 is 2.50 bits per heavy atom. The van der Waals surface area contributed by atoms with E-state index in [2.05, 4.69) is 20.7 Å². The highest BCUT2D eigenvalue weighted by Gasteiger charge is 2.32. The van der Waals surface area contributed by atoms with Crippen LogP contribution in [0.1, 0.15) is 11.1 Å². The standard InChI is InChI=1S/C10H8BrF3O2/c1-16-9(15)5-6-2-3-7(8(11)4-6)10(12,13)14/h2-4H,5H2,1H3. The number of halogens is 4. The van der Waals surface area contributed by atoms with Crippen LogP contribution in [0.5, 0.6) is 0 Å². The second-order valence-corrected chi connectivity index (χ2v) is 3.92. The maximum absolute atomic E-state index is 12.4. The number of benzene rings is 1. The molecule has 0 N–H and O–H groups in total. The first-order valence-electron chi connectivity index (χ1n) is 4.27. The molecule has 6 heteroatoms. The van der Waals surface area contributed by atoms with Gasteiger partial charge in [0, 0.05) is 4.47 Å². The van der Waals surface area contributed by atoms with Crippen molar-refractivity contribution in [3.05, 3.63) is 33.8 Å². The smallest absolute Gasteiger partial charge is 0.417 e. The largest absolute Gasteiger partial charge is 0.469 e. The van der Waals surface area contributed by atoms with Crippen LogP contribution in [0.2, 0.25) is 0 Å². The van der Waals surface area contributed by atoms with Crippen LogP contribution in [0.25, 0.3) is 0 Å². The SMILES string of the molecule is COC(=O)Cc1ccc(C(F)(F)F)c(Br)c1. The summed E-state index contributed by atoms with van der Waals surface area (Å²) in [5, 5.41) is 0. The normalized spacial score (nSPS) is 11.3. The van der Waals surface area contributed by atoms with Gasteiger partial charge in [-0.3, -0.25) is 4.79 Å². The van der Waals surface area contributed by atoms with E-state index in [4.69, 9.17) is 0 Å². The summed E-state index contributed by atoms with van der Waals surface area (Å²) in [5.74, 6) is -0.494. The van der Waals surface area contributed by atoms with Crippen molar-refractivity contribution in [3.8, 4) is 0 Å². The van der Waals surface area contributed by atoms with Crippen molar-refractivity contribution in [2.75, 3.05) is 7.11 Å². The fraction of sp³-hybridized carbons (Fsp3) is 0.300. The minimum absolute atomic E-state index is 0.0484. The highest BCUT2D eigenvalue weighted by molar-refractivity contribution is 9.10. The third-order valence-corrected chi connectivity index (χ3v) is 2.57. The third-order valence-electron chi connectivity index (χ3n) is 1.92. The molecule has 0 saturated carbocycles. The van der Waals surface area contributed by atoms with E-state index >= 15 is 0 Å². The minimum Gasteiger partial charge on any atom is -0.469 e. The Morgan fingerprint density at radius 2 is 2.06 bits per heavy atom. The zero-order valence-corrected chi connectivity index (χ0v) is 9.85. The van der Waals surface area contributed by atoms with E-state index < -0.39 is 17.7 Å². The number of hydrogen-bond donors (Lipinski definition) is 0. The number of methoxy groups -OCH3 is 1. The van der Waals surface area contributed by atoms with Gasteiger partial charge in [-0.1, -0.05) is 22.0 Å². The maximum Gasteiger partial charge on any atom is 0.417 e. The molecule has 0 aliphatic heterocycles. The van der Waals surface area contributed by atoms with Crippen LogP contribution >= 0.6 is 15.9 Å². The Kier molecular flexibility index (Phi) is 3.96. The van der Waals surface area contributed by atoms with Crippen LogP contribution in [0.3, 0.4) is 0 Å². The summed E-state index contributed by atoms with van der Waals surface area (Å²) in [6.45, 7) is 0. The van der Waals surface area contributed by atoms with Crippen molar-refractivity contribution in [2.45, 2.75) is 12.6 Å². The Bertz CT molecular complexity index is 402. The van der Waals surface area contributed by atoms with Crippen LogP contribution in [-0.2, 0) is 22.1 Å². The monoisotopic (exact) mass is 296 g/mol. The number of carbonyl (C=O) groups is 1. The molecule has 0 atom stereocenters. The first-order chi connectivity index (χ1) is 7.34. The molecule has 0 unspecified atom stereocenters. The van der Waals surface area contributed by atoms with Gasteiger partial charge in [0.05, 0.1) is 19.1 Å². The molecular weight excluding hydrogens is 289 g/mol. The Hall–Kier alpha value is -1.04.